The number of rotatable bonds is 3. The molecule has 1 aromatic rings. The van der Waals surface area contributed by atoms with Gasteiger partial charge in [0.2, 0.25) is 0 Å². The van der Waals surface area contributed by atoms with E-state index in [1.807, 2.05) is 25.4 Å². The number of allylic oxidation sites excluding steroid dienone is 2. The molecule has 1 N–H and O–H groups in total. The number of hydrogen-bond donors (Lipinski definition) is 0. The summed E-state index contributed by atoms with van der Waals surface area (Å²) < 4.78 is 0. The molecule has 0 saturated carbocycles. The average molecular weight is 347 g/mol. The summed E-state index contributed by atoms with van der Waals surface area (Å²) in [5, 5.41) is 0. The molecule has 2 radical (unpaired) electrons. The van der Waals surface area contributed by atoms with Crippen LogP contribution in [0.5, 0.6) is 0 Å². The Kier molecular flexibility index (Phi) is 7.26. The van der Waals surface area contributed by atoms with Gasteiger partial charge in [0.25, 0.3) is 0 Å². The quantitative estimate of drug-likeness (QED) is 0.461. The van der Waals surface area contributed by atoms with Crippen molar-refractivity contribution < 1.29 is 20.1 Å². The van der Waals surface area contributed by atoms with Gasteiger partial charge in [0.15, 0.2) is 7.28 Å². The molecule has 0 amide bonds. The molecule has 1 heterocycles. The van der Waals surface area contributed by atoms with Gasteiger partial charge >= 0.3 is 0 Å². The minimum absolute atomic E-state index is 0. The minimum atomic E-state index is 0. The Morgan fingerprint density at radius 2 is 2.31 bits per heavy atom. The van der Waals surface area contributed by atoms with Crippen molar-refractivity contribution in [2.45, 2.75) is 0 Å². The number of nitrogens with zero attached hydrogens (tertiary/aromatic N) is 1. The third-order valence-electron chi connectivity index (χ3n) is 1.22. The van der Waals surface area contributed by atoms with Crippen LogP contribution in [0.4, 0.5) is 0 Å². The molecule has 0 fully saturated rings. The molecular formula is C9H8BIrN2-2. The fourth-order valence-corrected chi connectivity index (χ4v) is 0.711. The molecule has 0 saturated heterocycles. The first kappa shape index (κ1) is 12.1. The molecule has 0 spiro atoms. The largest absolute Gasteiger partial charge is 0.705 e. The maximum Gasteiger partial charge on any atom is 0.153 e. The van der Waals surface area contributed by atoms with Crippen LogP contribution in [0.3, 0.4) is 0 Å². The van der Waals surface area contributed by atoms with Gasteiger partial charge in [-0.25, -0.2) is 0 Å². The van der Waals surface area contributed by atoms with Crippen LogP contribution in [-0.2, 0) is 20.1 Å². The Bertz CT molecular complexity index is 272. The van der Waals surface area contributed by atoms with Crippen molar-refractivity contribution in [2.75, 3.05) is 0 Å². The molecule has 0 aliphatic carbocycles. The van der Waals surface area contributed by atoms with Crippen LogP contribution < -0.4 is 5.46 Å². The van der Waals surface area contributed by atoms with Gasteiger partial charge in [-0.15, -0.1) is 5.98 Å². The van der Waals surface area contributed by atoms with E-state index in [0.717, 1.165) is 5.46 Å². The monoisotopic (exact) mass is 348 g/mol. The van der Waals surface area contributed by atoms with E-state index in [1.165, 1.54) is 6.20 Å². The van der Waals surface area contributed by atoms with Crippen LogP contribution in [0.1, 0.15) is 0 Å². The van der Waals surface area contributed by atoms with E-state index in [4.69, 9.17) is 5.73 Å². The molecule has 0 aromatic carbocycles. The van der Waals surface area contributed by atoms with Crippen molar-refractivity contribution in [1.82, 2.24) is 4.98 Å². The number of aromatic nitrogens is 1. The third kappa shape index (κ3) is 5.39. The fourth-order valence-electron chi connectivity index (χ4n) is 0.711. The minimum Gasteiger partial charge on any atom is -0.705 e. The maximum atomic E-state index is 6.72. The van der Waals surface area contributed by atoms with Crippen LogP contribution in [0.25, 0.3) is 5.73 Å². The first-order valence-electron chi connectivity index (χ1n) is 3.60. The first-order chi connectivity index (χ1) is 5.93. The summed E-state index contributed by atoms with van der Waals surface area (Å²) >= 11 is 0. The standard InChI is InChI=1S/C9H8BN2.Ir/c11-6-2-1-5-10-9-4-3-7-12-8-9;/h1-7,11H;/q-2;/b5-1-,6-2-;. The van der Waals surface area contributed by atoms with Crippen LogP contribution in [0.15, 0.2) is 42.7 Å². The summed E-state index contributed by atoms with van der Waals surface area (Å²) in [6, 6.07) is 3.78. The molecule has 0 aliphatic rings. The number of nitrogens with one attached hydrogen (secondary N) is 1. The zero-order valence-corrected chi connectivity index (χ0v) is 9.29. The second-order valence-electron chi connectivity index (χ2n) is 2.12. The van der Waals surface area contributed by atoms with Crippen molar-refractivity contribution in [3.8, 4) is 0 Å². The zero-order valence-electron chi connectivity index (χ0n) is 6.90. The molecule has 0 atom stereocenters. The average Bonchev–Trinajstić information content (AvgIpc) is 2.14. The summed E-state index contributed by atoms with van der Waals surface area (Å²) in [4.78, 5) is 3.84. The SMILES string of the molecule is [Ir].[NH-]/C=C\C=C/[B]c1[c-]nccc1. The Morgan fingerprint density at radius 3 is 2.92 bits per heavy atom. The predicted molar refractivity (Wildman–Crippen MR) is 51.1 cm³/mol. The molecule has 0 bridgehead atoms. The first-order valence-corrected chi connectivity index (χ1v) is 3.60. The van der Waals surface area contributed by atoms with Crippen molar-refractivity contribution >= 4 is 12.7 Å². The molecule has 68 valence electrons. The second kappa shape index (κ2) is 7.78. The molecule has 13 heavy (non-hydrogen) atoms. The van der Waals surface area contributed by atoms with E-state index in [2.05, 4.69) is 11.2 Å². The predicted octanol–water partition coefficient (Wildman–Crippen LogP) is 1.29. The van der Waals surface area contributed by atoms with Gasteiger partial charge in [-0.05, 0) is 0 Å². The smallest absolute Gasteiger partial charge is 0.153 e. The van der Waals surface area contributed by atoms with Crippen molar-refractivity contribution in [1.29, 1.82) is 0 Å². The molecule has 1 aromatic heterocycles. The summed E-state index contributed by atoms with van der Waals surface area (Å²) in [7, 11) is 1.88. The molecule has 4 heteroatoms. The van der Waals surface area contributed by atoms with Crippen molar-refractivity contribution in [3.05, 3.63) is 54.6 Å². The van der Waals surface area contributed by atoms with E-state index in [9.17, 15) is 0 Å². The Balaban J connectivity index is 0.00000144. The van der Waals surface area contributed by atoms with Crippen LogP contribution in [0.2, 0.25) is 0 Å². The molecule has 1 rings (SSSR count). The summed E-state index contributed by atoms with van der Waals surface area (Å²) in [5.74, 6) is 1.85. The van der Waals surface area contributed by atoms with Gasteiger partial charge in [0.1, 0.15) is 0 Å². The van der Waals surface area contributed by atoms with Gasteiger partial charge in [-0.1, -0.05) is 24.5 Å². The molecule has 0 unspecified atom stereocenters. The maximum absolute atomic E-state index is 6.72. The van der Waals surface area contributed by atoms with E-state index in [0.29, 0.717) is 0 Å². The van der Waals surface area contributed by atoms with Gasteiger partial charge in [-0.2, -0.15) is 23.8 Å². The van der Waals surface area contributed by atoms with Gasteiger partial charge in [0, 0.05) is 20.1 Å². The summed E-state index contributed by atoms with van der Waals surface area (Å²) in [6.07, 6.45) is 9.17. The van der Waals surface area contributed by atoms with Gasteiger partial charge in [0.05, 0.1) is 0 Å². The fraction of sp³-hybridized carbons (Fsp3) is 0. The normalized spacial score (nSPS) is 10.2. The Labute approximate surface area is 92.5 Å². The van der Waals surface area contributed by atoms with Crippen LogP contribution in [-0.4, -0.2) is 12.3 Å². The van der Waals surface area contributed by atoms with Gasteiger partial charge in [-0.3, -0.25) is 0 Å². The van der Waals surface area contributed by atoms with Gasteiger partial charge < -0.3 is 10.7 Å². The van der Waals surface area contributed by atoms with E-state index in [-0.39, 0.29) is 20.1 Å². The topological polar surface area (TPSA) is 36.7 Å². The number of pyridine rings is 1. The van der Waals surface area contributed by atoms with Crippen molar-refractivity contribution in [3.63, 3.8) is 0 Å². The van der Waals surface area contributed by atoms with E-state index in [1.54, 1.807) is 18.3 Å². The Morgan fingerprint density at radius 1 is 1.46 bits per heavy atom. The zero-order chi connectivity index (χ0) is 8.65. The summed E-state index contributed by atoms with van der Waals surface area (Å²) in [6.45, 7) is 0. The summed E-state index contributed by atoms with van der Waals surface area (Å²) in [5.41, 5.74) is 7.66. The second-order valence-corrected chi connectivity index (χ2v) is 2.12. The van der Waals surface area contributed by atoms with E-state index < -0.39 is 0 Å². The third-order valence-corrected chi connectivity index (χ3v) is 1.22. The molecule has 2 nitrogen and oxygen atoms in total. The van der Waals surface area contributed by atoms with E-state index >= 15 is 0 Å². The van der Waals surface area contributed by atoms with Crippen LogP contribution in [0, 0.1) is 6.20 Å². The van der Waals surface area contributed by atoms with Crippen molar-refractivity contribution in [2.24, 2.45) is 0 Å². The Hall–Kier alpha value is -0.856. The number of hydrogen-bond acceptors (Lipinski definition) is 1. The molecule has 0 aliphatic heterocycles. The van der Waals surface area contributed by atoms with Crippen LogP contribution >= 0.6 is 0 Å². The molecular weight excluding hydrogens is 339 g/mol.